The molecule has 1 aromatic carbocycles. The van der Waals surface area contributed by atoms with Gasteiger partial charge in [0.2, 0.25) is 5.91 Å². The minimum Gasteiger partial charge on any atom is -0.451 e. The molecule has 1 unspecified atom stereocenters. The van der Waals surface area contributed by atoms with E-state index in [0.717, 1.165) is 11.1 Å². The van der Waals surface area contributed by atoms with Crippen LogP contribution in [0.2, 0.25) is 0 Å². The molecule has 3 heterocycles. The Balaban J connectivity index is 1.76. The minimum absolute atomic E-state index is 0.0653. The van der Waals surface area contributed by atoms with E-state index in [1.807, 2.05) is 36.4 Å². The molecule has 4 aromatic rings. The van der Waals surface area contributed by atoms with Crippen LogP contribution < -0.4 is 10.2 Å². The van der Waals surface area contributed by atoms with Crippen LogP contribution in [0.25, 0.3) is 0 Å². The average molecular weight is 470 g/mol. The van der Waals surface area contributed by atoms with Crippen molar-refractivity contribution in [3.8, 4) is 0 Å². The van der Waals surface area contributed by atoms with Gasteiger partial charge in [0.25, 0.3) is 5.91 Å². The van der Waals surface area contributed by atoms with Crippen LogP contribution in [0.4, 0.5) is 5.69 Å². The fourth-order valence-electron chi connectivity index (χ4n) is 3.69. The highest BCUT2D eigenvalue weighted by atomic mass is 16.3. The highest BCUT2D eigenvalue weighted by Crippen LogP contribution is 2.31. The molecule has 0 spiro atoms. The number of hydrogen-bond acceptors (Lipinski definition) is 6. The molecule has 0 aliphatic carbocycles. The van der Waals surface area contributed by atoms with E-state index in [-0.39, 0.29) is 23.6 Å². The normalized spacial score (nSPS) is 12.1. The van der Waals surface area contributed by atoms with Crippen molar-refractivity contribution in [2.45, 2.75) is 38.8 Å². The van der Waals surface area contributed by atoms with E-state index < -0.39 is 11.9 Å². The van der Waals surface area contributed by atoms with Crippen molar-refractivity contribution in [2.75, 3.05) is 4.90 Å². The number of nitrogens with one attached hydrogen (secondary N) is 1. The van der Waals surface area contributed by atoms with Crippen molar-refractivity contribution in [3.63, 3.8) is 0 Å². The summed E-state index contributed by atoms with van der Waals surface area (Å²) in [7, 11) is 0. The lowest BCUT2D eigenvalue weighted by Crippen LogP contribution is -2.44. The van der Waals surface area contributed by atoms with Crippen LogP contribution in [-0.4, -0.2) is 26.8 Å². The SMILES string of the molecule is CC(C)(C)c1ccc(N(C(=O)c2cocn2)C(C(=O)NCc2ccncc2)c2cccnc2)cc1. The van der Waals surface area contributed by atoms with Crippen molar-refractivity contribution in [1.82, 2.24) is 20.3 Å². The number of pyridine rings is 2. The van der Waals surface area contributed by atoms with Gasteiger partial charge in [-0.3, -0.25) is 24.5 Å². The smallest absolute Gasteiger partial charge is 0.281 e. The number of carbonyl (C=O) groups is 2. The number of aromatic nitrogens is 3. The van der Waals surface area contributed by atoms with Gasteiger partial charge in [-0.05, 0) is 46.9 Å². The second-order valence-electron chi connectivity index (χ2n) is 9.11. The molecular weight excluding hydrogens is 442 g/mol. The summed E-state index contributed by atoms with van der Waals surface area (Å²) in [5.74, 6) is -0.818. The maximum Gasteiger partial charge on any atom is 0.281 e. The van der Waals surface area contributed by atoms with Crippen molar-refractivity contribution in [2.24, 2.45) is 0 Å². The number of nitrogens with zero attached hydrogens (tertiary/aromatic N) is 4. The Morgan fingerprint density at radius 1 is 1.00 bits per heavy atom. The van der Waals surface area contributed by atoms with E-state index in [0.29, 0.717) is 11.3 Å². The van der Waals surface area contributed by atoms with Gasteiger partial charge in [-0.1, -0.05) is 39.0 Å². The van der Waals surface area contributed by atoms with E-state index in [4.69, 9.17) is 4.42 Å². The zero-order valence-electron chi connectivity index (χ0n) is 19.9. The van der Waals surface area contributed by atoms with Gasteiger partial charge in [0.05, 0.1) is 0 Å². The van der Waals surface area contributed by atoms with Crippen LogP contribution in [-0.2, 0) is 16.8 Å². The summed E-state index contributed by atoms with van der Waals surface area (Å²) in [6.07, 6.45) is 9.00. The minimum atomic E-state index is -0.991. The van der Waals surface area contributed by atoms with Crippen LogP contribution in [0, 0.1) is 0 Å². The molecule has 35 heavy (non-hydrogen) atoms. The first-order valence-electron chi connectivity index (χ1n) is 11.2. The largest absolute Gasteiger partial charge is 0.451 e. The van der Waals surface area contributed by atoms with Crippen molar-refractivity contribution in [1.29, 1.82) is 0 Å². The number of anilines is 1. The molecule has 3 aromatic heterocycles. The zero-order chi connectivity index (χ0) is 24.8. The topological polar surface area (TPSA) is 101 Å². The molecule has 0 saturated carbocycles. The van der Waals surface area contributed by atoms with Gasteiger partial charge in [-0.25, -0.2) is 4.98 Å². The van der Waals surface area contributed by atoms with E-state index >= 15 is 0 Å². The Morgan fingerprint density at radius 3 is 2.34 bits per heavy atom. The highest BCUT2D eigenvalue weighted by Gasteiger charge is 2.34. The molecule has 178 valence electrons. The predicted octanol–water partition coefficient (Wildman–Crippen LogP) is 4.47. The number of benzene rings is 1. The van der Waals surface area contributed by atoms with Gasteiger partial charge >= 0.3 is 0 Å². The molecule has 8 nitrogen and oxygen atoms in total. The van der Waals surface area contributed by atoms with Crippen LogP contribution in [0.1, 0.15) is 54.0 Å². The summed E-state index contributed by atoms with van der Waals surface area (Å²) in [6, 6.07) is 13.8. The van der Waals surface area contributed by atoms with E-state index in [9.17, 15) is 9.59 Å². The van der Waals surface area contributed by atoms with E-state index in [1.54, 1.807) is 36.9 Å². The second kappa shape index (κ2) is 10.3. The summed E-state index contributed by atoms with van der Waals surface area (Å²) in [5, 5.41) is 2.95. The fourth-order valence-corrected chi connectivity index (χ4v) is 3.69. The Morgan fingerprint density at radius 2 is 1.74 bits per heavy atom. The molecule has 0 aliphatic rings. The first-order chi connectivity index (χ1) is 16.8. The maximum atomic E-state index is 13.7. The molecule has 0 radical (unpaired) electrons. The van der Waals surface area contributed by atoms with Crippen molar-refractivity contribution >= 4 is 17.5 Å². The predicted molar refractivity (Wildman–Crippen MR) is 132 cm³/mol. The number of carbonyl (C=O) groups excluding carboxylic acids is 2. The summed E-state index contributed by atoms with van der Waals surface area (Å²) in [4.78, 5) is 41.0. The molecule has 1 N–H and O–H groups in total. The Labute approximate surface area is 204 Å². The van der Waals surface area contributed by atoms with Gasteiger partial charge in [-0.15, -0.1) is 0 Å². The lowest BCUT2D eigenvalue weighted by Gasteiger charge is -2.31. The van der Waals surface area contributed by atoms with Crippen LogP contribution in [0.15, 0.2) is 90.4 Å². The quantitative estimate of drug-likeness (QED) is 0.429. The standard InChI is InChI=1S/C27H27N5O3/c1-27(2,3)21-6-8-22(9-7-21)32(26(34)23-17-35-18-31-23)24(20-5-4-12-29-16-20)25(33)30-15-19-10-13-28-14-11-19/h4-14,16-18,24H,15H2,1-3H3,(H,30,33). The van der Waals surface area contributed by atoms with Gasteiger partial charge < -0.3 is 9.73 Å². The van der Waals surface area contributed by atoms with Gasteiger partial charge in [0, 0.05) is 42.6 Å². The molecule has 0 fully saturated rings. The molecule has 0 aliphatic heterocycles. The lowest BCUT2D eigenvalue weighted by molar-refractivity contribution is -0.122. The van der Waals surface area contributed by atoms with Gasteiger partial charge in [-0.2, -0.15) is 0 Å². The Hall–Kier alpha value is -4.33. The van der Waals surface area contributed by atoms with Gasteiger partial charge in [0.15, 0.2) is 12.1 Å². The molecule has 1 atom stereocenters. The van der Waals surface area contributed by atoms with Crippen LogP contribution in [0.5, 0.6) is 0 Å². The highest BCUT2D eigenvalue weighted by molar-refractivity contribution is 6.09. The van der Waals surface area contributed by atoms with Crippen molar-refractivity contribution < 1.29 is 14.0 Å². The van der Waals surface area contributed by atoms with E-state index in [1.165, 1.54) is 17.6 Å². The molecular formula is C27H27N5O3. The van der Waals surface area contributed by atoms with Crippen molar-refractivity contribution in [3.05, 3.63) is 108 Å². The number of hydrogen-bond donors (Lipinski definition) is 1. The zero-order valence-corrected chi connectivity index (χ0v) is 19.9. The summed E-state index contributed by atoms with van der Waals surface area (Å²) < 4.78 is 5.06. The van der Waals surface area contributed by atoms with Crippen LogP contribution >= 0.6 is 0 Å². The second-order valence-corrected chi connectivity index (χ2v) is 9.11. The third-order valence-electron chi connectivity index (χ3n) is 5.60. The average Bonchev–Trinajstić information content (AvgIpc) is 3.41. The third kappa shape index (κ3) is 5.60. The molecule has 8 heteroatoms. The Bertz CT molecular complexity index is 1250. The first kappa shape index (κ1) is 23.8. The third-order valence-corrected chi connectivity index (χ3v) is 5.60. The summed E-state index contributed by atoms with van der Waals surface area (Å²) in [6.45, 7) is 6.63. The number of amides is 2. The fraction of sp³-hybridized carbons (Fsp3) is 0.222. The van der Waals surface area contributed by atoms with Crippen LogP contribution in [0.3, 0.4) is 0 Å². The van der Waals surface area contributed by atoms with Gasteiger partial charge in [0.1, 0.15) is 12.3 Å². The molecule has 0 bridgehead atoms. The van der Waals surface area contributed by atoms with E-state index in [2.05, 4.69) is 41.0 Å². The Kier molecular flexibility index (Phi) is 7.01. The monoisotopic (exact) mass is 469 g/mol. The molecule has 2 amide bonds. The number of rotatable bonds is 7. The maximum absolute atomic E-state index is 13.7. The summed E-state index contributed by atoms with van der Waals surface area (Å²) in [5.41, 5.74) is 3.15. The number of oxazole rings is 1. The summed E-state index contributed by atoms with van der Waals surface area (Å²) >= 11 is 0. The molecule has 0 saturated heterocycles. The lowest BCUT2D eigenvalue weighted by atomic mass is 9.87. The first-order valence-corrected chi connectivity index (χ1v) is 11.2. The molecule has 4 rings (SSSR count).